The number of hydrogen-bond donors (Lipinski definition) is 1. The van der Waals surface area contributed by atoms with Crippen LogP contribution in [0.4, 0.5) is 17.5 Å². The summed E-state index contributed by atoms with van der Waals surface area (Å²) < 4.78 is 6.92. The Labute approximate surface area is 108 Å². The number of aromatic nitrogens is 2. The molecule has 0 saturated carbocycles. The predicted octanol–water partition coefficient (Wildman–Crippen LogP) is 1.16. The van der Waals surface area contributed by atoms with Crippen LogP contribution >= 0.6 is 0 Å². The number of hydrogen-bond acceptors (Lipinski definition) is 5. The molecule has 0 bridgehead atoms. The van der Waals surface area contributed by atoms with Gasteiger partial charge in [-0.2, -0.15) is 4.98 Å². The third kappa shape index (κ3) is 1.79. The largest absolute Gasteiger partial charge is 0.461 e. The maximum Gasteiger partial charge on any atom is 0.302 e. The lowest BCUT2D eigenvalue weighted by molar-refractivity contribution is 0.555. The summed E-state index contributed by atoms with van der Waals surface area (Å²) in [6.07, 6.45) is 2.38. The van der Waals surface area contributed by atoms with Gasteiger partial charge in [-0.05, 0) is 18.6 Å². The maximum absolute atomic E-state index is 11.8. The van der Waals surface area contributed by atoms with Gasteiger partial charge in [0, 0.05) is 6.54 Å². The fraction of sp³-hybridized carbons (Fsp3) is 0.250. The zero-order valence-corrected chi connectivity index (χ0v) is 10.3. The van der Waals surface area contributed by atoms with Crippen LogP contribution in [0, 0.1) is 0 Å². The van der Waals surface area contributed by atoms with Crippen molar-refractivity contribution in [3.63, 3.8) is 0 Å². The van der Waals surface area contributed by atoms with E-state index in [-0.39, 0.29) is 11.6 Å². The van der Waals surface area contributed by atoms with Gasteiger partial charge in [0.1, 0.15) is 0 Å². The lowest BCUT2D eigenvalue weighted by Gasteiger charge is -2.10. The number of anilines is 1. The molecule has 3 rings (SSSR count). The normalized spacial score (nSPS) is 13.0. The van der Waals surface area contributed by atoms with Gasteiger partial charge in [0.2, 0.25) is 5.95 Å². The van der Waals surface area contributed by atoms with E-state index in [1.54, 1.807) is 16.7 Å². The number of nitrogens with two attached hydrogens (primary N) is 1. The van der Waals surface area contributed by atoms with Gasteiger partial charge in [-0.25, -0.2) is 10.3 Å². The Balaban J connectivity index is 2.14. The summed E-state index contributed by atoms with van der Waals surface area (Å²) in [5.41, 5.74) is 5.51. The SMILES string of the molecule is CCCn1c(N)nc(=O)c2c1N=C(c1ccco1)[N]2. The highest BCUT2D eigenvalue weighted by atomic mass is 16.3. The van der Waals surface area contributed by atoms with Crippen molar-refractivity contribution in [2.75, 3.05) is 5.73 Å². The number of aliphatic imine (C=N–C) groups is 1. The standard InChI is InChI=1S/C12H12N5O2/c1-2-5-17-10-8(11(18)16-12(17)13)14-9(15-10)7-4-3-6-19-7/h3-4,6H,2,5H2,1H3,(H2,13,16,18). The van der Waals surface area contributed by atoms with Crippen LogP contribution in [0.25, 0.3) is 0 Å². The maximum atomic E-state index is 11.8. The second kappa shape index (κ2) is 4.27. The van der Waals surface area contributed by atoms with Crippen molar-refractivity contribution >= 4 is 23.3 Å². The van der Waals surface area contributed by atoms with Crippen LogP contribution in [0.15, 0.2) is 32.6 Å². The van der Waals surface area contributed by atoms with Crippen molar-refractivity contribution in [1.29, 1.82) is 0 Å². The molecule has 1 radical (unpaired) electrons. The first-order valence-electron chi connectivity index (χ1n) is 5.95. The number of nitrogens with zero attached hydrogens (tertiary/aromatic N) is 4. The van der Waals surface area contributed by atoms with Crippen LogP contribution in [0.5, 0.6) is 0 Å². The molecule has 0 aliphatic carbocycles. The first-order valence-corrected chi connectivity index (χ1v) is 5.95. The minimum Gasteiger partial charge on any atom is -0.461 e. The summed E-state index contributed by atoms with van der Waals surface area (Å²) in [6, 6.07) is 3.47. The molecule has 19 heavy (non-hydrogen) atoms. The number of nitrogen functional groups attached to an aromatic ring is 1. The summed E-state index contributed by atoms with van der Waals surface area (Å²) in [4.78, 5) is 19.9. The van der Waals surface area contributed by atoms with E-state index < -0.39 is 5.56 Å². The average molecular weight is 258 g/mol. The van der Waals surface area contributed by atoms with Crippen molar-refractivity contribution in [2.45, 2.75) is 19.9 Å². The Morgan fingerprint density at radius 2 is 2.32 bits per heavy atom. The van der Waals surface area contributed by atoms with E-state index in [4.69, 9.17) is 10.2 Å². The zero-order valence-electron chi connectivity index (χ0n) is 10.3. The lowest BCUT2D eigenvalue weighted by atomic mass is 10.4. The first-order chi connectivity index (χ1) is 9.20. The Morgan fingerprint density at radius 1 is 1.47 bits per heavy atom. The minimum absolute atomic E-state index is 0.158. The fourth-order valence-corrected chi connectivity index (χ4v) is 1.95. The van der Waals surface area contributed by atoms with E-state index in [0.717, 1.165) is 6.42 Å². The molecule has 0 fully saturated rings. The van der Waals surface area contributed by atoms with Gasteiger partial charge in [-0.3, -0.25) is 9.36 Å². The van der Waals surface area contributed by atoms with E-state index in [9.17, 15) is 4.79 Å². The highest BCUT2D eigenvalue weighted by molar-refractivity contribution is 6.04. The highest BCUT2D eigenvalue weighted by Gasteiger charge is 2.26. The van der Waals surface area contributed by atoms with Crippen molar-refractivity contribution < 1.29 is 4.42 Å². The Morgan fingerprint density at radius 3 is 3.00 bits per heavy atom. The van der Waals surface area contributed by atoms with Crippen LogP contribution in [-0.4, -0.2) is 15.4 Å². The molecule has 7 heteroatoms. The van der Waals surface area contributed by atoms with Crippen molar-refractivity contribution in [3.05, 3.63) is 34.5 Å². The molecular formula is C12H12N5O2. The second-order valence-electron chi connectivity index (χ2n) is 4.12. The number of amidine groups is 1. The van der Waals surface area contributed by atoms with Gasteiger partial charge in [-0.1, -0.05) is 6.92 Å². The van der Waals surface area contributed by atoms with E-state index >= 15 is 0 Å². The van der Waals surface area contributed by atoms with Crippen LogP contribution in [-0.2, 0) is 6.54 Å². The smallest absolute Gasteiger partial charge is 0.302 e. The molecule has 0 atom stereocenters. The Kier molecular flexibility index (Phi) is 2.59. The molecule has 0 aromatic carbocycles. The first kappa shape index (κ1) is 11.5. The second-order valence-corrected chi connectivity index (χ2v) is 4.12. The third-order valence-electron chi connectivity index (χ3n) is 2.78. The zero-order chi connectivity index (χ0) is 13.4. The van der Waals surface area contributed by atoms with Crippen LogP contribution in [0.3, 0.4) is 0 Å². The summed E-state index contributed by atoms with van der Waals surface area (Å²) in [7, 11) is 0. The van der Waals surface area contributed by atoms with Gasteiger partial charge in [0.25, 0.3) is 0 Å². The molecule has 0 amide bonds. The highest BCUT2D eigenvalue weighted by Crippen LogP contribution is 2.30. The Bertz CT molecular complexity index is 700. The van der Waals surface area contributed by atoms with Crippen LogP contribution in [0.2, 0.25) is 0 Å². The van der Waals surface area contributed by atoms with Crippen molar-refractivity contribution in [1.82, 2.24) is 14.9 Å². The number of fused-ring (bicyclic) bond motifs is 1. The summed E-state index contributed by atoms with van der Waals surface area (Å²) in [5, 5.41) is 4.18. The number of furan rings is 1. The van der Waals surface area contributed by atoms with Gasteiger partial charge in [0.05, 0.1) is 6.26 Å². The molecule has 7 nitrogen and oxygen atoms in total. The number of rotatable bonds is 3. The lowest BCUT2D eigenvalue weighted by Crippen LogP contribution is -2.20. The van der Waals surface area contributed by atoms with Gasteiger partial charge < -0.3 is 10.2 Å². The van der Waals surface area contributed by atoms with Crippen LogP contribution in [0.1, 0.15) is 19.1 Å². The molecule has 0 saturated heterocycles. The fourth-order valence-electron chi connectivity index (χ4n) is 1.95. The summed E-state index contributed by atoms with van der Waals surface area (Å²) >= 11 is 0. The van der Waals surface area contributed by atoms with Crippen molar-refractivity contribution in [3.8, 4) is 0 Å². The molecule has 1 aliphatic rings. The minimum atomic E-state index is -0.467. The van der Waals surface area contributed by atoms with Gasteiger partial charge >= 0.3 is 5.56 Å². The van der Waals surface area contributed by atoms with Crippen molar-refractivity contribution in [2.24, 2.45) is 4.99 Å². The molecule has 2 aromatic heterocycles. The van der Waals surface area contributed by atoms with Crippen LogP contribution < -0.4 is 16.6 Å². The molecule has 2 aromatic rings. The molecular weight excluding hydrogens is 246 g/mol. The Hall–Kier alpha value is -2.57. The van der Waals surface area contributed by atoms with E-state index in [1.165, 1.54) is 6.26 Å². The molecule has 3 heterocycles. The van der Waals surface area contributed by atoms with Gasteiger partial charge in [0.15, 0.2) is 23.1 Å². The molecule has 2 N–H and O–H groups in total. The molecule has 0 spiro atoms. The quantitative estimate of drug-likeness (QED) is 0.892. The van der Waals surface area contributed by atoms with E-state index in [1.807, 2.05) is 6.92 Å². The van der Waals surface area contributed by atoms with Gasteiger partial charge in [-0.15, -0.1) is 0 Å². The summed E-state index contributed by atoms with van der Waals surface area (Å²) in [6.45, 7) is 2.64. The van der Waals surface area contributed by atoms with E-state index in [0.29, 0.717) is 24.0 Å². The topological polar surface area (TPSA) is 101 Å². The molecule has 0 unspecified atom stereocenters. The molecule has 97 valence electrons. The van der Waals surface area contributed by atoms with E-state index in [2.05, 4.69) is 15.3 Å². The monoisotopic (exact) mass is 258 g/mol. The predicted molar refractivity (Wildman–Crippen MR) is 69.9 cm³/mol. The summed E-state index contributed by atoms with van der Waals surface area (Å²) in [5.74, 6) is 1.49. The average Bonchev–Trinajstić information content (AvgIpc) is 3.02. The third-order valence-corrected chi connectivity index (χ3v) is 2.78. The molecule has 1 aliphatic heterocycles.